The summed E-state index contributed by atoms with van der Waals surface area (Å²) in [4.78, 5) is 11.7. The van der Waals surface area contributed by atoms with Crippen LogP contribution >= 0.6 is 0 Å². The number of hydrogen-bond donors (Lipinski definition) is 0. The normalized spacial score (nSPS) is 41.2. The van der Waals surface area contributed by atoms with Gasteiger partial charge in [0.1, 0.15) is 0 Å². The van der Waals surface area contributed by atoms with Crippen molar-refractivity contribution in [2.75, 3.05) is 0 Å². The topological polar surface area (TPSA) is 17.1 Å². The molecule has 0 unspecified atom stereocenters. The van der Waals surface area contributed by atoms with Gasteiger partial charge < -0.3 is 0 Å². The van der Waals surface area contributed by atoms with Crippen molar-refractivity contribution in [1.29, 1.82) is 0 Å². The smallest absolute Gasteiger partial charge is 0.162 e. The van der Waals surface area contributed by atoms with Crippen molar-refractivity contribution in [3.8, 4) is 0 Å². The van der Waals surface area contributed by atoms with Crippen molar-refractivity contribution < 1.29 is 4.79 Å². The summed E-state index contributed by atoms with van der Waals surface area (Å²) in [5, 5.41) is 0. The van der Waals surface area contributed by atoms with Gasteiger partial charge in [-0.05, 0) is 36.7 Å². The molecular formula is C11H16O. The molecule has 0 heterocycles. The number of fused-ring (bicyclic) bond motifs is 2. The van der Waals surface area contributed by atoms with Crippen LogP contribution in [-0.4, -0.2) is 5.78 Å². The van der Waals surface area contributed by atoms with E-state index in [1.165, 1.54) is 0 Å². The van der Waals surface area contributed by atoms with E-state index in [0.29, 0.717) is 17.1 Å². The van der Waals surface area contributed by atoms with Gasteiger partial charge in [-0.15, -0.1) is 0 Å². The van der Waals surface area contributed by atoms with Crippen molar-refractivity contribution >= 4 is 5.78 Å². The minimum atomic E-state index is 0.295. The van der Waals surface area contributed by atoms with Gasteiger partial charge in [0.25, 0.3) is 0 Å². The number of carbonyl (C=O) groups excluding carboxylic acids is 1. The maximum Gasteiger partial charge on any atom is 0.162 e. The Kier molecular flexibility index (Phi) is 1.48. The van der Waals surface area contributed by atoms with E-state index in [1.807, 2.05) is 13.0 Å². The quantitative estimate of drug-likeness (QED) is 0.503. The molecule has 0 aromatic carbocycles. The summed E-state index contributed by atoms with van der Waals surface area (Å²) < 4.78 is 0. The molecule has 3 saturated carbocycles. The van der Waals surface area contributed by atoms with Gasteiger partial charge >= 0.3 is 0 Å². The number of Topliss-reactive ketones (excluding diaryl/α,β-unsaturated/α-hetero) is 1. The van der Waals surface area contributed by atoms with E-state index in [-0.39, 0.29) is 0 Å². The third-order valence-electron chi connectivity index (χ3n) is 3.92. The molecule has 0 saturated heterocycles. The minimum absolute atomic E-state index is 0.295. The lowest BCUT2D eigenvalue weighted by Crippen LogP contribution is -2.53. The highest BCUT2D eigenvalue weighted by Gasteiger charge is 2.55. The van der Waals surface area contributed by atoms with Crippen LogP contribution in [0.2, 0.25) is 0 Å². The molecule has 0 aliphatic heterocycles. The third kappa shape index (κ3) is 0.769. The largest absolute Gasteiger partial charge is 0.294 e. The molecule has 0 spiro atoms. The highest BCUT2D eigenvalue weighted by molar-refractivity contribution is 5.99. The number of carbonyl (C=O) groups is 1. The van der Waals surface area contributed by atoms with E-state index in [9.17, 15) is 4.79 Å². The maximum atomic E-state index is 11.7. The van der Waals surface area contributed by atoms with Gasteiger partial charge in [0.15, 0.2) is 5.78 Å². The second-order valence-corrected chi connectivity index (χ2v) is 4.69. The standard InChI is InChI=1S/C11H16O/c1-4-7-5-8-6-9(10(7)12)11(8,2)3/h4,8-9H,5-6H2,1-3H3/t8-,9-/m0/s1. The van der Waals surface area contributed by atoms with E-state index in [4.69, 9.17) is 0 Å². The molecule has 0 aromatic rings. The van der Waals surface area contributed by atoms with Crippen LogP contribution in [0.15, 0.2) is 11.6 Å². The zero-order chi connectivity index (χ0) is 8.93. The SMILES string of the molecule is CC=C1C[C@H]2C[C@@H](C1=O)C2(C)C. The highest BCUT2D eigenvalue weighted by atomic mass is 16.1. The summed E-state index contributed by atoms with van der Waals surface area (Å²) in [5.41, 5.74) is 1.37. The first-order valence-electron chi connectivity index (χ1n) is 4.76. The average molecular weight is 164 g/mol. The van der Waals surface area contributed by atoms with Crippen LogP contribution in [0.4, 0.5) is 0 Å². The summed E-state index contributed by atoms with van der Waals surface area (Å²) in [6, 6.07) is 0. The lowest BCUT2D eigenvalue weighted by Gasteiger charge is -2.55. The molecule has 2 bridgehead atoms. The second kappa shape index (κ2) is 2.21. The molecular weight excluding hydrogens is 148 g/mol. The predicted molar refractivity (Wildman–Crippen MR) is 48.8 cm³/mol. The van der Waals surface area contributed by atoms with Gasteiger partial charge in [-0.3, -0.25) is 4.79 Å². The number of hydrogen-bond acceptors (Lipinski definition) is 1. The van der Waals surface area contributed by atoms with Gasteiger partial charge in [-0.25, -0.2) is 0 Å². The van der Waals surface area contributed by atoms with Crippen LogP contribution in [0.5, 0.6) is 0 Å². The number of rotatable bonds is 0. The first-order chi connectivity index (χ1) is 5.57. The molecule has 0 radical (unpaired) electrons. The van der Waals surface area contributed by atoms with Crippen molar-refractivity contribution in [3.05, 3.63) is 11.6 Å². The van der Waals surface area contributed by atoms with E-state index in [1.54, 1.807) is 0 Å². The third-order valence-corrected chi connectivity index (χ3v) is 3.92. The molecule has 0 amide bonds. The Morgan fingerprint density at radius 2 is 2.17 bits per heavy atom. The van der Waals surface area contributed by atoms with E-state index in [0.717, 1.165) is 24.3 Å². The monoisotopic (exact) mass is 164 g/mol. The average Bonchev–Trinajstić information content (AvgIpc) is 2.03. The zero-order valence-electron chi connectivity index (χ0n) is 8.05. The fraction of sp³-hybridized carbons (Fsp3) is 0.727. The van der Waals surface area contributed by atoms with Crippen molar-refractivity contribution in [1.82, 2.24) is 0 Å². The molecule has 66 valence electrons. The molecule has 12 heavy (non-hydrogen) atoms. The molecule has 1 nitrogen and oxygen atoms in total. The summed E-state index contributed by atoms with van der Waals surface area (Å²) in [6.45, 7) is 6.44. The molecule has 0 aromatic heterocycles. The summed E-state index contributed by atoms with van der Waals surface area (Å²) in [7, 11) is 0. The molecule has 3 rings (SSSR count). The predicted octanol–water partition coefficient (Wildman–Crippen LogP) is 2.57. The fourth-order valence-electron chi connectivity index (χ4n) is 2.66. The summed E-state index contributed by atoms with van der Waals surface area (Å²) in [6.07, 6.45) is 4.17. The van der Waals surface area contributed by atoms with Crippen LogP contribution in [0, 0.1) is 17.3 Å². The molecule has 3 aliphatic rings. The van der Waals surface area contributed by atoms with Crippen LogP contribution < -0.4 is 0 Å². The Labute approximate surface area is 73.8 Å². The fourth-order valence-corrected chi connectivity index (χ4v) is 2.66. The summed E-state index contributed by atoms with van der Waals surface area (Å²) in [5.74, 6) is 1.53. The zero-order valence-corrected chi connectivity index (χ0v) is 8.05. The van der Waals surface area contributed by atoms with Gasteiger partial charge in [0.2, 0.25) is 0 Å². The molecule has 3 fully saturated rings. The molecule has 2 atom stereocenters. The van der Waals surface area contributed by atoms with Crippen LogP contribution in [0.25, 0.3) is 0 Å². The molecule has 0 N–H and O–H groups in total. The van der Waals surface area contributed by atoms with Crippen LogP contribution in [-0.2, 0) is 4.79 Å². The molecule has 3 aliphatic carbocycles. The van der Waals surface area contributed by atoms with Crippen molar-refractivity contribution in [2.45, 2.75) is 33.6 Å². The Hall–Kier alpha value is -0.590. The first kappa shape index (κ1) is 8.03. The highest BCUT2D eigenvalue weighted by Crippen LogP contribution is 2.58. The van der Waals surface area contributed by atoms with E-state index >= 15 is 0 Å². The first-order valence-corrected chi connectivity index (χ1v) is 4.76. The lowest BCUT2D eigenvalue weighted by atomic mass is 9.47. The van der Waals surface area contributed by atoms with Crippen molar-refractivity contribution in [3.63, 3.8) is 0 Å². The number of allylic oxidation sites excluding steroid dienone is 2. The van der Waals surface area contributed by atoms with Gasteiger partial charge in [0, 0.05) is 5.92 Å². The Morgan fingerprint density at radius 1 is 1.50 bits per heavy atom. The van der Waals surface area contributed by atoms with Crippen LogP contribution in [0.3, 0.4) is 0 Å². The number of ketones is 1. The maximum absolute atomic E-state index is 11.7. The van der Waals surface area contributed by atoms with E-state index < -0.39 is 0 Å². The Balaban J connectivity index is 2.28. The minimum Gasteiger partial charge on any atom is -0.294 e. The Bertz CT molecular complexity index is 260. The Morgan fingerprint density at radius 3 is 2.58 bits per heavy atom. The van der Waals surface area contributed by atoms with E-state index in [2.05, 4.69) is 13.8 Å². The summed E-state index contributed by atoms with van der Waals surface area (Å²) >= 11 is 0. The van der Waals surface area contributed by atoms with Gasteiger partial charge in [0.05, 0.1) is 0 Å². The van der Waals surface area contributed by atoms with Gasteiger partial charge in [-0.1, -0.05) is 19.9 Å². The lowest BCUT2D eigenvalue weighted by molar-refractivity contribution is -0.140. The van der Waals surface area contributed by atoms with Crippen molar-refractivity contribution in [2.24, 2.45) is 17.3 Å². The molecule has 1 heteroatoms. The van der Waals surface area contributed by atoms with Gasteiger partial charge in [-0.2, -0.15) is 0 Å². The second-order valence-electron chi connectivity index (χ2n) is 4.69. The van der Waals surface area contributed by atoms with Crippen LogP contribution in [0.1, 0.15) is 33.6 Å².